The molecule has 4 rings (SSSR count). The Bertz CT molecular complexity index is 1380. The maximum Gasteiger partial charge on any atom is 0.269 e. The van der Waals surface area contributed by atoms with Gasteiger partial charge < -0.3 is 9.88 Å². The van der Waals surface area contributed by atoms with Crippen molar-refractivity contribution < 1.29 is 13.3 Å². The van der Waals surface area contributed by atoms with Crippen LogP contribution in [0.15, 0.2) is 66.0 Å². The minimum absolute atomic E-state index is 0.0205. The second-order valence-corrected chi connectivity index (χ2v) is 9.14. The lowest BCUT2D eigenvalue weighted by molar-refractivity contribution is -0.384. The van der Waals surface area contributed by atoms with E-state index in [2.05, 4.69) is 15.3 Å². The largest absolute Gasteiger partial charge is 0.326 e. The van der Waals surface area contributed by atoms with E-state index in [-0.39, 0.29) is 10.6 Å². The van der Waals surface area contributed by atoms with Crippen molar-refractivity contribution in [3.8, 4) is 21.0 Å². The van der Waals surface area contributed by atoms with E-state index >= 15 is 0 Å². The first-order valence-electron chi connectivity index (χ1n) is 8.84. The molecule has 0 unspecified atom stereocenters. The maximum atomic E-state index is 12.3. The van der Waals surface area contributed by atoms with Gasteiger partial charge in [-0.2, -0.15) is 0 Å². The molecule has 3 N–H and O–H groups in total. The van der Waals surface area contributed by atoms with Crippen molar-refractivity contribution in [1.29, 1.82) is 0 Å². The van der Waals surface area contributed by atoms with E-state index in [9.17, 15) is 18.5 Å². The Kier molecular flexibility index (Phi) is 5.27. The lowest BCUT2D eigenvalue weighted by atomic mass is 10.2. The van der Waals surface area contributed by atoms with Crippen LogP contribution in [0.1, 0.15) is 0 Å². The van der Waals surface area contributed by atoms with Gasteiger partial charge in [0.05, 0.1) is 14.7 Å². The van der Waals surface area contributed by atoms with Gasteiger partial charge in [-0.1, -0.05) is 6.07 Å². The van der Waals surface area contributed by atoms with Gasteiger partial charge in [0, 0.05) is 54.6 Å². The summed E-state index contributed by atoms with van der Waals surface area (Å²) in [6.07, 6.45) is 4.93. The fourth-order valence-corrected chi connectivity index (χ4v) is 4.71. The molecule has 0 atom stereocenters. The van der Waals surface area contributed by atoms with Gasteiger partial charge in [0.1, 0.15) is 5.01 Å². The third kappa shape index (κ3) is 4.30. The number of nitro benzene ring substituents is 1. The predicted octanol–water partition coefficient (Wildman–Crippen LogP) is 3.51. The fraction of sp³-hybridized carbons (Fsp3) is 0.0526. The van der Waals surface area contributed by atoms with Gasteiger partial charge in [-0.3, -0.25) is 10.1 Å². The Morgan fingerprint density at radius 2 is 1.90 bits per heavy atom. The number of hydrogen-bond donors (Lipinski definition) is 2. The normalized spacial score (nSPS) is 11.4. The minimum Gasteiger partial charge on any atom is -0.326 e. The van der Waals surface area contributed by atoms with Gasteiger partial charge in [-0.25, -0.2) is 23.5 Å². The van der Waals surface area contributed by atoms with E-state index in [1.165, 1.54) is 29.5 Å². The molecule has 4 aromatic rings. The van der Waals surface area contributed by atoms with Gasteiger partial charge in [-0.15, -0.1) is 11.3 Å². The number of nitro groups is 1. The number of non-ortho nitro benzene ring substituents is 1. The summed E-state index contributed by atoms with van der Waals surface area (Å²) in [5, 5.41) is 20.0. The lowest BCUT2D eigenvalue weighted by Crippen LogP contribution is -2.13. The number of primary sulfonamides is 1. The molecule has 0 fully saturated rings. The van der Waals surface area contributed by atoms with Crippen LogP contribution in [-0.4, -0.2) is 27.9 Å². The zero-order chi connectivity index (χ0) is 22.2. The molecule has 0 spiro atoms. The summed E-state index contributed by atoms with van der Waals surface area (Å²) < 4.78 is 26.3. The molecule has 2 aromatic carbocycles. The molecule has 0 amide bonds. The molecule has 10 nitrogen and oxygen atoms in total. The molecule has 0 aliphatic heterocycles. The summed E-state index contributed by atoms with van der Waals surface area (Å²) in [5.41, 5.74) is 1.60. The first-order chi connectivity index (χ1) is 14.7. The van der Waals surface area contributed by atoms with Crippen molar-refractivity contribution >= 4 is 38.7 Å². The van der Waals surface area contributed by atoms with Gasteiger partial charge in [0.2, 0.25) is 16.0 Å². The standard InChI is InChI=1S/C19H16N6O4S2/c1-24-9-8-21-19(24)23-13-4-7-15(17(10-13)31(20,28)29)16-11-22-18(30-16)12-2-5-14(6-3-12)25(26)27/h2-11H,1H3,(H,21,23)(H2,20,28,29). The molecule has 2 aromatic heterocycles. The quantitative estimate of drug-likeness (QED) is 0.333. The van der Waals surface area contributed by atoms with Crippen LogP contribution in [0.5, 0.6) is 0 Å². The summed E-state index contributed by atoms with van der Waals surface area (Å²) in [6.45, 7) is 0. The Morgan fingerprint density at radius 3 is 2.52 bits per heavy atom. The number of benzene rings is 2. The van der Waals surface area contributed by atoms with Crippen LogP contribution in [0, 0.1) is 10.1 Å². The SMILES string of the molecule is Cn1ccnc1Nc1ccc(-c2cnc(-c3ccc([N+](=O)[O-])cc3)s2)c(S(N)(=O)=O)c1. The van der Waals surface area contributed by atoms with Gasteiger partial charge in [0.15, 0.2) is 0 Å². The zero-order valence-electron chi connectivity index (χ0n) is 16.1. The molecule has 12 heteroatoms. The van der Waals surface area contributed by atoms with Gasteiger partial charge >= 0.3 is 0 Å². The highest BCUT2D eigenvalue weighted by Crippen LogP contribution is 2.37. The molecule has 0 aliphatic carbocycles. The number of thiazole rings is 1. The third-order valence-electron chi connectivity index (χ3n) is 4.46. The Labute approximate surface area is 181 Å². The minimum atomic E-state index is -4.03. The first-order valence-corrected chi connectivity index (χ1v) is 11.2. The van der Waals surface area contributed by atoms with Crippen LogP contribution in [0.25, 0.3) is 21.0 Å². The van der Waals surface area contributed by atoms with E-state index in [0.29, 0.717) is 32.6 Å². The van der Waals surface area contributed by atoms with Crippen molar-refractivity contribution in [2.45, 2.75) is 4.90 Å². The summed E-state index contributed by atoms with van der Waals surface area (Å²) >= 11 is 1.26. The topological polar surface area (TPSA) is 146 Å². The molecule has 0 bridgehead atoms. The maximum absolute atomic E-state index is 12.3. The second kappa shape index (κ2) is 7.91. The van der Waals surface area contributed by atoms with Gasteiger partial charge in [0.25, 0.3) is 5.69 Å². The number of rotatable bonds is 6. The highest BCUT2D eigenvalue weighted by Gasteiger charge is 2.19. The van der Waals surface area contributed by atoms with Crippen molar-refractivity contribution in [3.63, 3.8) is 0 Å². The first kappa shape index (κ1) is 20.7. The van der Waals surface area contributed by atoms with Crippen molar-refractivity contribution in [2.75, 3.05) is 5.32 Å². The molecule has 0 saturated carbocycles. The highest BCUT2D eigenvalue weighted by atomic mass is 32.2. The molecule has 158 valence electrons. The average molecular weight is 457 g/mol. The molecule has 0 aliphatic rings. The summed E-state index contributed by atoms with van der Waals surface area (Å²) in [7, 11) is -2.22. The Morgan fingerprint density at radius 1 is 1.16 bits per heavy atom. The Hall–Kier alpha value is -3.61. The van der Waals surface area contributed by atoms with Crippen LogP contribution < -0.4 is 10.5 Å². The average Bonchev–Trinajstić information content (AvgIpc) is 3.37. The van der Waals surface area contributed by atoms with Crippen LogP contribution >= 0.6 is 11.3 Å². The van der Waals surface area contributed by atoms with Crippen LogP contribution in [-0.2, 0) is 17.1 Å². The number of aryl methyl sites for hydroxylation is 1. The number of nitrogens with zero attached hydrogens (tertiary/aromatic N) is 4. The second-order valence-electron chi connectivity index (χ2n) is 6.58. The third-order valence-corrected chi connectivity index (χ3v) is 6.49. The molecule has 31 heavy (non-hydrogen) atoms. The van der Waals surface area contributed by atoms with Crippen LogP contribution in [0.2, 0.25) is 0 Å². The van der Waals surface area contributed by atoms with E-state index in [1.807, 2.05) is 0 Å². The van der Waals surface area contributed by atoms with Gasteiger partial charge in [-0.05, 0) is 24.3 Å². The molecular formula is C19H16N6O4S2. The number of sulfonamides is 1. The molecule has 0 radical (unpaired) electrons. The number of aromatic nitrogens is 3. The van der Waals surface area contributed by atoms with E-state index in [1.54, 1.807) is 54.5 Å². The monoisotopic (exact) mass is 456 g/mol. The number of nitrogens with two attached hydrogens (primary N) is 1. The van der Waals surface area contributed by atoms with E-state index < -0.39 is 14.9 Å². The van der Waals surface area contributed by atoms with Crippen molar-refractivity contribution in [2.24, 2.45) is 12.2 Å². The summed E-state index contributed by atoms with van der Waals surface area (Å²) in [4.78, 5) is 19.4. The Balaban J connectivity index is 1.71. The molecule has 0 saturated heterocycles. The smallest absolute Gasteiger partial charge is 0.269 e. The van der Waals surface area contributed by atoms with E-state index in [0.717, 1.165) is 0 Å². The predicted molar refractivity (Wildman–Crippen MR) is 118 cm³/mol. The van der Waals surface area contributed by atoms with Crippen molar-refractivity contribution in [3.05, 3.63) is 71.2 Å². The van der Waals surface area contributed by atoms with E-state index in [4.69, 9.17) is 5.14 Å². The summed E-state index contributed by atoms with van der Waals surface area (Å²) in [6, 6.07) is 10.8. The number of imidazole rings is 1. The number of anilines is 2. The summed E-state index contributed by atoms with van der Waals surface area (Å²) in [5.74, 6) is 0.548. The zero-order valence-corrected chi connectivity index (χ0v) is 17.7. The molecule has 2 heterocycles. The van der Waals surface area contributed by atoms with Crippen molar-refractivity contribution in [1.82, 2.24) is 14.5 Å². The fourth-order valence-electron chi connectivity index (χ4n) is 2.91. The molecular weight excluding hydrogens is 440 g/mol. The van der Waals surface area contributed by atoms with Crippen LogP contribution in [0.4, 0.5) is 17.3 Å². The van der Waals surface area contributed by atoms with Crippen LogP contribution in [0.3, 0.4) is 0 Å². The lowest BCUT2D eigenvalue weighted by Gasteiger charge is -2.10. The number of hydrogen-bond acceptors (Lipinski definition) is 8. The highest BCUT2D eigenvalue weighted by molar-refractivity contribution is 7.89. The number of nitrogens with one attached hydrogen (secondary N) is 1.